The first kappa shape index (κ1) is 26.3. The second kappa shape index (κ2) is 10.1. The van der Waals surface area contributed by atoms with Crippen molar-refractivity contribution in [3.63, 3.8) is 0 Å². The Morgan fingerprint density at radius 2 is 2.00 bits per heavy atom. The van der Waals surface area contributed by atoms with Crippen molar-refractivity contribution in [2.75, 3.05) is 13.7 Å². The molecule has 1 spiro atoms. The first-order valence-corrected chi connectivity index (χ1v) is 13.8. The number of carbonyl (C=O) groups excluding carboxylic acids is 3. The summed E-state index contributed by atoms with van der Waals surface area (Å²) in [6, 6.07) is 8.20. The Bertz CT molecular complexity index is 1280. The normalized spacial score (nSPS) is 24.9. The second-order valence-corrected chi connectivity index (χ2v) is 12.5. The topological polar surface area (TPSA) is 115 Å². The van der Waals surface area contributed by atoms with Crippen LogP contribution in [0, 0.1) is 28.1 Å². The molecule has 2 aromatic rings. The number of ketones is 1. The van der Waals surface area contributed by atoms with Crippen LogP contribution in [0.3, 0.4) is 0 Å². The minimum absolute atomic E-state index is 0.0734. The van der Waals surface area contributed by atoms with E-state index in [4.69, 9.17) is 4.74 Å². The largest absolute Gasteiger partial charge is 0.496 e. The fourth-order valence-electron chi connectivity index (χ4n) is 7.12. The Morgan fingerprint density at radius 3 is 2.66 bits per heavy atom. The zero-order chi connectivity index (χ0) is 27.1. The molecule has 3 aliphatic rings. The molecule has 1 saturated heterocycles. The molecule has 1 aromatic heterocycles. The lowest BCUT2D eigenvalue weighted by Crippen LogP contribution is -2.49. The predicted octanol–water partition coefficient (Wildman–Crippen LogP) is 4.75. The van der Waals surface area contributed by atoms with Gasteiger partial charge in [-0.25, -0.2) is 0 Å². The SMILES string of the molecule is COc1cccc2[nH]c(C(=O)N3CC4(CCCCC4)CC3C(=O)NC(C#N)CC3CC(C)(C)CC3=O)cc12. The van der Waals surface area contributed by atoms with Crippen LogP contribution < -0.4 is 10.1 Å². The summed E-state index contributed by atoms with van der Waals surface area (Å²) in [5.74, 6) is 0.108. The molecule has 2 amide bonds. The summed E-state index contributed by atoms with van der Waals surface area (Å²) < 4.78 is 5.46. The maximum Gasteiger partial charge on any atom is 0.271 e. The molecule has 1 aromatic carbocycles. The number of aromatic amines is 1. The summed E-state index contributed by atoms with van der Waals surface area (Å²) in [5.41, 5.74) is 1.07. The number of fused-ring (bicyclic) bond motifs is 1. The van der Waals surface area contributed by atoms with Crippen LogP contribution in [0.25, 0.3) is 10.9 Å². The van der Waals surface area contributed by atoms with Gasteiger partial charge in [0.25, 0.3) is 5.91 Å². The van der Waals surface area contributed by atoms with E-state index in [1.165, 1.54) is 6.42 Å². The number of benzene rings is 1. The number of ether oxygens (including phenoxy) is 1. The number of likely N-dealkylation sites (tertiary alicyclic amines) is 1. The molecular formula is C30H38N4O4. The fourth-order valence-corrected chi connectivity index (χ4v) is 7.12. The lowest BCUT2D eigenvalue weighted by atomic mass is 9.72. The first-order valence-electron chi connectivity index (χ1n) is 13.8. The van der Waals surface area contributed by atoms with Gasteiger partial charge in [0.05, 0.1) is 13.2 Å². The first-order chi connectivity index (χ1) is 18.1. The molecule has 5 rings (SSSR count). The van der Waals surface area contributed by atoms with E-state index in [2.05, 4.69) is 30.2 Å². The van der Waals surface area contributed by atoms with Gasteiger partial charge in [-0.3, -0.25) is 14.4 Å². The molecule has 38 heavy (non-hydrogen) atoms. The van der Waals surface area contributed by atoms with Crippen LogP contribution in [0.2, 0.25) is 0 Å². The summed E-state index contributed by atoms with van der Waals surface area (Å²) in [7, 11) is 1.60. The lowest BCUT2D eigenvalue weighted by molar-refractivity contribution is -0.126. The van der Waals surface area contributed by atoms with Crippen LogP contribution in [-0.2, 0) is 9.59 Å². The molecule has 3 atom stereocenters. The molecule has 2 heterocycles. The molecule has 0 radical (unpaired) electrons. The summed E-state index contributed by atoms with van der Waals surface area (Å²) in [4.78, 5) is 45.0. The molecule has 2 aliphatic carbocycles. The smallest absolute Gasteiger partial charge is 0.271 e. The van der Waals surface area contributed by atoms with E-state index in [-0.39, 0.29) is 34.3 Å². The summed E-state index contributed by atoms with van der Waals surface area (Å²) in [6.07, 6.45) is 7.51. The third-order valence-electron chi connectivity index (χ3n) is 8.96. The molecule has 2 N–H and O–H groups in total. The van der Waals surface area contributed by atoms with E-state index in [1.54, 1.807) is 18.1 Å². The van der Waals surface area contributed by atoms with Crippen molar-refractivity contribution in [2.24, 2.45) is 16.7 Å². The third kappa shape index (κ3) is 5.03. The number of hydrogen-bond acceptors (Lipinski definition) is 5. The number of rotatable bonds is 6. The molecule has 3 unspecified atom stereocenters. The Labute approximate surface area is 224 Å². The van der Waals surface area contributed by atoms with E-state index in [0.29, 0.717) is 37.3 Å². The zero-order valence-electron chi connectivity index (χ0n) is 22.6. The van der Waals surface area contributed by atoms with Crippen molar-refractivity contribution in [1.29, 1.82) is 5.26 Å². The van der Waals surface area contributed by atoms with Gasteiger partial charge < -0.3 is 19.9 Å². The molecule has 1 aliphatic heterocycles. The number of nitriles is 1. The maximum absolute atomic E-state index is 13.9. The molecule has 3 fully saturated rings. The highest BCUT2D eigenvalue weighted by atomic mass is 16.5. The van der Waals surface area contributed by atoms with Crippen molar-refractivity contribution in [1.82, 2.24) is 15.2 Å². The van der Waals surface area contributed by atoms with Crippen molar-refractivity contribution in [2.45, 2.75) is 83.7 Å². The van der Waals surface area contributed by atoms with Crippen LogP contribution in [0.15, 0.2) is 24.3 Å². The second-order valence-electron chi connectivity index (χ2n) is 12.5. The third-order valence-corrected chi connectivity index (χ3v) is 8.96. The molecule has 8 heteroatoms. The van der Waals surface area contributed by atoms with Crippen LogP contribution in [0.4, 0.5) is 0 Å². The minimum Gasteiger partial charge on any atom is -0.496 e. The number of carbonyl (C=O) groups is 3. The number of H-pyrrole nitrogens is 1. The van der Waals surface area contributed by atoms with Gasteiger partial charge in [0.2, 0.25) is 5.91 Å². The van der Waals surface area contributed by atoms with Gasteiger partial charge in [-0.15, -0.1) is 0 Å². The zero-order valence-corrected chi connectivity index (χ0v) is 22.6. The van der Waals surface area contributed by atoms with Gasteiger partial charge in [-0.2, -0.15) is 5.26 Å². The highest BCUT2D eigenvalue weighted by Gasteiger charge is 2.49. The number of Topliss-reactive ketones (excluding diaryl/α,β-unsaturated/α-hetero) is 1. The Balaban J connectivity index is 1.37. The monoisotopic (exact) mass is 518 g/mol. The quantitative estimate of drug-likeness (QED) is 0.573. The van der Waals surface area contributed by atoms with Crippen LogP contribution in [0.1, 0.15) is 82.1 Å². The minimum atomic E-state index is -0.762. The summed E-state index contributed by atoms with van der Waals surface area (Å²) >= 11 is 0. The Hall–Kier alpha value is -3.34. The van der Waals surface area contributed by atoms with E-state index in [9.17, 15) is 19.6 Å². The predicted molar refractivity (Wildman–Crippen MR) is 143 cm³/mol. The van der Waals surface area contributed by atoms with Gasteiger partial charge in [0, 0.05) is 29.8 Å². The number of hydrogen-bond donors (Lipinski definition) is 2. The summed E-state index contributed by atoms with van der Waals surface area (Å²) in [5, 5.41) is 13.6. The average Bonchev–Trinajstić information content (AvgIpc) is 3.56. The molecule has 8 nitrogen and oxygen atoms in total. The fraction of sp³-hybridized carbons (Fsp3) is 0.600. The van der Waals surface area contributed by atoms with Crippen LogP contribution in [-0.4, -0.2) is 53.2 Å². The highest BCUT2D eigenvalue weighted by Crippen LogP contribution is 2.47. The van der Waals surface area contributed by atoms with Gasteiger partial charge in [0.15, 0.2) is 0 Å². The number of aromatic nitrogens is 1. The molecule has 0 bridgehead atoms. The van der Waals surface area contributed by atoms with Gasteiger partial charge in [-0.1, -0.05) is 39.2 Å². The standard InChI is InChI=1S/C30H38N4O4/c1-29(2)14-19(25(35)16-29)12-20(17-31)32-27(36)24-15-30(10-5-4-6-11-30)18-34(24)28(37)23-13-21-22(33-23)8-7-9-26(21)38-3/h7-9,13,19-20,24,33H,4-6,10-12,14-16,18H2,1-3H3,(H,32,36). The number of nitrogens with one attached hydrogen (secondary N) is 2. The Kier molecular flexibility index (Phi) is 6.97. The number of amides is 2. The molecule has 2 saturated carbocycles. The van der Waals surface area contributed by atoms with Gasteiger partial charge in [-0.05, 0) is 61.1 Å². The van der Waals surface area contributed by atoms with Gasteiger partial charge >= 0.3 is 0 Å². The van der Waals surface area contributed by atoms with E-state index >= 15 is 0 Å². The lowest BCUT2D eigenvalue weighted by Gasteiger charge is -2.32. The number of nitrogens with zero attached hydrogens (tertiary/aromatic N) is 2. The Morgan fingerprint density at radius 1 is 1.24 bits per heavy atom. The van der Waals surface area contributed by atoms with E-state index < -0.39 is 12.1 Å². The van der Waals surface area contributed by atoms with E-state index in [1.807, 2.05) is 18.2 Å². The number of methoxy groups -OCH3 is 1. The highest BCUT2D eigenvalue weighted by molar-refractivity contribution is 6.02. The molecule has 202 valence electrons. The van der Waals surface area contributed by atoms with Crippen molar-refractivity contribution in [3.8, 4) is 11.8 Å². The van der Waals surface area contributed by atoms with Crippen molar-refractivity contribution in [3.05, 3.63) is 30.0 Å². The van der Waals surface area contributed by atoms with E-state index in [0.717, 1.165) is 43.0 Å². The van der Waals surface area contributed by atoms with Crippen LogP contribution >= 0.6 is 0 Å². The van der Waals surface area contributed by atoms with Crippen LogP contribution in [0.5, 0.6) is 5.75 Å². The van der Waals surface area contributed by atoms with Crippen molar-refractivity contribution < 1.29 is 19.1 Å². The average molecular weight is 519 g/mol. The van der Waals surface area contributed by atoms with Gasteiger partial charge in [0.1, 0.15) is 29.3 Å². The molecular weight excluding hydrogens is 480 g/mol. The van der Waals surface area contributed by atoms with Crippen molar-refractivity contribution >= 4 is 28.5 Å². The summed E-state index contributed by atoms with van der Waals surface area (Å²) in [6.45, 7) is 4.66. The maximum atomic E-state index is 13.9.